The first-order valence-corrected chi connectivity index (χ1v) is 8.08. The normalized spacial score (nSPS) is 17.9. The van der Waals surface area contributed by atoms with E-state index in [2.05, 4.69) is 10.1 Å². The minimum atomic E-state index is -2.36. The lowest BCUT2D eigenvalue weighted by Crippen LogP contribution is -2.55. The van der Waals surface area contributed by atoms with Crippen LogP contribution in [0.1, 0.15) is 23.2 Å². The molecule has 1 aromatic rings. The molecule has 2 bridgehead atoms. The molecule has 1 aromatic carbocycles. The number of amides is 2. The molecule has 2 amide bonds. The van der Waals surface area contributed by atoms with Crippen LogP contribution >= 0.6 is 0 Å². The van der Waals surface area contributed by atoms with Gasteiger partial charge in [-0.25, -0.2) is 22.0 Å². The summed E-state index contributed by atoms with van der Waals surface area (Å²) in [7, 11) is 1.12. The number of nitrogens with one attached hydrogen (secondary N) is 1. The number of methoxy groups -OCH3 is 1. The minimum absolute atomic E-state index is 0.0495. The van der Waals surface area contributed by atoms with Gasteiger partial charge >= 0.3 is 5.97 Å². The molecule has 1 atom stereocenters. The van der Waals surface area contributed by atoms with Gasteiger partial charge in [-0.15, -0.1) is 0 Å². The molecule has 0 spiro atoms. The van der Waals surface area contributed by atoms with Crippen LogP contribution in [0.4, 0.5) is 22.0 Å². The summed E-state index contributed by atoms with van der Waals surface area (Å²) in [5.41, 5.74) is -0.748. The van der Waals surface area contributed by atoms with Gasteiger partial charge in [0.1, 0.15) is 12.1 Å². The van der Waals surface area contributed by atoms with Crippen LogP contribution in [0.2, 0.25) is 0 Å². The Labute approximate surface area is 154 Å². The summed E-state index contributed by atoms with van der Waals surface area (Å²) in [6.07, 6.45) is 0.417. The largest absolute Gasteiger partial charge is 0.468 e. The molecular weight excluding hydrogens is 391 g/mol. The van der Waals surface area contributed by atoms with Crippen LogP contribution in [-0.4, -0.2) is 48.9 Å². The van der Waals surface area contributed by atoms with Crippen molar-refractivity contribution in [3.05, 3.63) is 45.8 Å². The van der Waals surface area contributed by atoms with Crippen LogP contribution in [0, 0.1) is 29.1 Å². The highest BCUT2D eigenvalue weighted by Crippen LogP contribution is 2.41. The van der Waals surface area contributed by atoms with Crippen molar-refractivity contribution in [1.29, 1.82) is 0 Å². The monoisotopic (exact) mass is 404 g/mol. The molecule has 1 saturated heterocycles. The fraction of sp³-hybridized carbons (Fsp3) is 0.353. The Kier molecular flexibility index (Phi) is 5.09. The summed E-state index contributed by atoms with van der Waals surface area (Å²) < 4.78 is 72.3. The molecule has 1 N–H and O–H groups in total. The topological polar surface area (TPSA) is 75.7 Å². The van der Waals surface area contributed by atoms with Crippen LogP contribution in [0.5, 0.6) is 0 Å². The standard InChI is InChI=1S/C17H13F5N2O4/c1-28-8(25)5-23-16(26)9-6-2-3-24(7(9)4-6)17(27)10-11(18)13(20)15(22)14(21)12(10)19/h7H,2-5H2,1H3,(H,23,26). The molecule has 4 rings (SSSR count). The second kappa shape index (κ2) is 7.21. The van der Waals surface area contributed by atoms with E-state index < -0.39 is 65.0 Å². The van der Waals surface area contributed by atoms with E-state index in [0.717, 1.165) is 12.0 Å². The Balaban J connectivity index is 1.86. The number of carbonyl (C=O) groups excluding carboxylic acids is 3. The number of carbonyl (C=O) groups is 3. The van der Waals surface area contributed by atoms with E-state index >= 15 is 0 Å². The average Bonchev–Trinajstić information content (AvgIpc) is 2.68. The van der Waals surface area contributed by atoms with Gasteiger partial charge in [0, 0.05) is 12.1 Å². The van der Waals surface area contributed by atoms with Gasteiger partial charge in [-0.3, -0.25) is 14.4 Å². The third kappa shape index (κ3) is 3.00. The van der Waals surface area contributed by atoms with Crippen molar-refractivity contribution < 1.29 is 41.1 Å². The zero-order chi connectivity index (χ0) is 20.7. The molecule has 28 heavy (non-hydrogen) atoms. The molecule has 6 nitrogen and oxygen atoms in total. The number of rotatable bonds is 4. The first-order chi connectivity index (χ1) is 13.2. The van der Waals surface area contributed by atoms with Gasteiger partial charge < -0.3 is 15.0 Å². The van der Waals surface area contributed by atoms with Gasteiger partial charge in [-0.05, 0) is 12.8 Å². The van der Waals surface area contributed by atoms with E-state index in [1.165, 1.54) is 0 Å². The summed E-state index contributed by atoms with van der Waals surface area (Å²) >= 11 is 0. The molecule has 2 aliphatic heterocycles. The Hall–Kier alpha value is -2.98. The fourth-order valence-corrected chi connectivity index (χ4v) is 3.28. The number of hydrogen-bond donors (Lipinski definition) is 1. The number of fused-ring (bicyclic) bond motifs is 2. The number of esters is 1. The highest BCUT2D eigenvalue weighted by Gasteiger charge is 2.45. The van der Waals surface area contributed by atoms with Crippen LogP contribution in [0.25, 0.3) is 0 Å². The first-order valence-electron chi connectivity index (χ1n) is 8.08. The molecule has 3 aliphatic rings. The lowest BCUT2D eigenvalue weighted by molar-refractivity contribution is -0.140. The van der Waals surface area contributed by atoms with E-state index in [-0.39, 0.29) is 25.0 Å². The molecule has 150 valence electrons. The molecule has 0 saturated carbocycles. The van der Waals surface area contributed by atoms with Crippen molar-refractivity contribution in [3.8, 4) is 0 Å². The molecule has 1 unspecified atom stereocenters. The SMILES string of the molecule is COC(=O)CNC(=O)C1=C2CCN(C(=O)c3c(F)c(F)c(F)c(F)c3F)C1C2. The van der Waals surface area contributed by atoms with E-state index in [9.17, 15) is 36.3 Å². The third-order valence-electron chi connectivity index (χ3n) is 4.73. The number of piperidine rings is 1. The number of ether oxygens (including phenoxy) is 1. The van der Waals surface area contributed by atoms with E-state index in [0.29, 0.717) is 5.57 Å². The molecular formula is C17H13F5N2O4. The average molecular weight is 404 g/mol. The molecule has 1 aliphatic carbocycles. The second-order valence-corrected chi connectivity index (χ2v) is 6.19. The predicted octanol–water partition coefficient (Wildman–Crippen LogP) is 1.59. The molecule has 0 aromatic heterocycles. The zero-order valence-electron chi connectivity index (χ0n) is 14.4. The summed E-state index contributed by atoms with van der Waals surface area (Å²) in [6.45, 7) is -0.476. The second-order valence-electron chi connectivity index (χ2n) is 6.19. The Morgan fingerprint density at radius 1 is 1.04 bits per heavy atom. The highest BCUT2D eigenvalue weighted by atomic mass is 19.2. The van der Waals surface area contributed by atoms with Crippen LogP contribution < -0.4 is 5.32 Å². The van der Waals surface area contributed by atoms with E-state index in [1.807, 2.05) is 0 Å². The maximum atomic E-state index is 13.9. The lowest BCUT2D eigenvalue weighted by Gasteiger charge is -2.46. The van der Waals surface area contributed by atoms with Crippen molar-refractivity contribution in [1.82, 2.24) is 10.2 Å². The van der Waals surface area contributed by atoms with Crippen LogP contribution in [-0.2, 0) is 14.3 Å². The maximum absolute atomic E-state index is 13.9. The smallest absolute Gasteiger partial charge is 0.325 e. The highest BCUT2D eigenvalue weighted by molar-refractivity contribution is 6.02. The van der Waals surface area contributed by atoms with Gasteiger partial charge in [-0.2, -0.15) is 0 Å². The van der Waals surface area contributed by atoms with Crippen molar-refractivity contribution in [2.75, 3.05) is 20.2 Å². The van der Waals surface area contributed by atoms with Gasteiger partial charge in [-0.1, -0.05) is 5.57 Å². The lowest BCUT2D eigenvalue weighted by atomic mass is 9.75. The zero-order valence-corrected chi connectivity index (χ0v) is 14.4. The predicted molar refractivity (Wildman–Crippen MR) is 82.3 cm³/mol. The van der Waals surface area contributed by atoms with Crippen molar-refractivity contribution in [3.63, 3.8) is 0 Å². The van der Waals surface area contributed by atoms with Gasteiger partial charge in [0.2, 0.25) is 11.7 Å². The quantitative estimate of drug-likeness (QED) is 0.358. The molecule has 1 fully saturated rings. The Morgan fingerprint density at radius 3 is 2.14 bits per heavy atom. The number of hydrogen-bond acceptors (Lipinski definition) is 4. The van der Waals surface area contributed by atoms with Gasteiger partial charge in [0.15, 0.2) is 23.3 Å². The maximum Gasteiger partial charge on any atom is 0.325 e. The minimum Gasteiger partial charge on any atom is -0.468 e. The Bertz CT molecular complexity index is 902. The summed E-state index contributed by atoms with van der Waals surface area (Å²) in [4.78, 5) is 36.8. The van der Waals surface area contributed by atoms with E-state index in [1.54, 1.807) is 0 Å². The van der Waals surface area contributed by atoms with Crippen LogP contribution in [0.15, 0.2) is 11.1 Å². The van der Waals surface area contributed by atoms with Crippen LogP contribution in [0.3, 0.4) is 0 Å². The van der Waals surface area contributed by atoms with Crippen molar-refractivity contribution in [2.24, 2.45) is 0 Å². The molecule has 2 heterocycles. The summed E-state index contributed by atoms with van der Waals surface area (Å²) in [5, 5.41) is 2.28. The van der Waals surface area contributed by atoms with Crippen molar-refractivity contribution in [2.45, 2.75) is 18.9 Å². The third-order valence-corrected chi connectivity index (χ3v) is 4.73. The van der Waals surface area contributed by atoms with Crippen molar-refractivity contribution >= 4 is 17.8 Å². The Morgan fingerprint density at radius 2 is 1.61 bits per heavy atom. The number of benzene rings is 1. The van der Waals surface area contributed by atoms with Gasteiger partial charge in [0.05, 0.1) is 13.2 Å². The fourth-order valence-electron chi connectivity index (χ4n) is 3.28. The number of nitrogens with zero attached hydrogens (tertiary/aromatic N) is 1. The molecule has 11 heteroatoms. The summed E-state index contributed by atoms with van der Waals surface area (Å²) in [6, 6.07) is -0.885. The molecule has 0 radical (unpaired) electrons. The van der Waals surface area contributed by atoms with Gasteiger partial charge in [0.25, 0.3) is 5.91 Å². The number of halogens is 5. The summed E-state index contributed by atoms with van der Waals surface area (Å²) in [5.74, 6) is -14.1. The first kappa shape index (κ1) is 19.8. The van der Waals surface area contributed by atoms with E-state index in [4.69, 9.17) is 0 Å².